The van der Waals surface area contributed by atoms with Crippen LogP contribution in [-0.2, 0) is 14.3 Å². The van der Waals surface area contributed by atoms with Gasteiger partial charge in [0.25, 0.3) is 0 Å². The third-order valence-electron chi connectivity index (χ3n) is 9.41. The Labute approximate surface area is 256 Å². The summed E-state index contributed by atoms with van der Waals surface area (Å²) < 4.78 is 5.65. The van der Waals surface area contributed by atoms with Crippen molar-refractivity contribution in [3.8, 4) is 0 Å². The Balaban J connectivity index is 2.11. The smallest absolute Gasteiger partial charge is 0.305 e. The van der Waals surface area contributed by atoms with Gasteiger partial charge in [0.1, 0.15) is 6.29 Å². The van der Waals surface area contributed by atoms with E-state index in [9.17, 15) is 9.59 Å². The zero-order valence-corrected chi connectivity index (χ0v) is 28.2. The minimum Gasteiger partial charge on any atom is -0.465 e. The third-order valence-corrected chi connectivity index (χ3v) is 9.41. The van der Waals surface area contributed by atoms with Gasteiger partial charge in [0.15, 0.2) is 0 Å². The lowest BCUT2D eigenvalue weighted by molar-refractivity contribution is -0.145. The Hall–Kier alpha value is -0.900. The molecule has 242 valence electrons. The highest BCUT2D eigenvalue weighted by Gasteiger charge is 2.17. The monoisotopic (exact) mass is 578 g/mol. The molecular weight excluding hydrogens is 506 g/mol. The van der Waals surface area contributed by atoms with Crippen LogP contribution in [0.3, 0.4) is 0 Å². The summed E-state index contributed by atoms with van der Waals surface area (Å²) in [5, 5.41) is 0. The van der Waals surface area contributed by atoms with Gasteiger partial charge in [0.05, 0.1) is 6.61 Å². The molecule has 1 rings (SSSR count). The van der Waals surface area contributed by atoms with E-state index in [0.717, 1.165) is 44.3 Å². The van der Waals surface area contributed by atoms with E-state index in [-0.39, 0.29) is 5.97 Å². The number of carbonyl (C=O) groups is 2. The first-order valence-corrected chi connectivity index (χ1v) is 18.2. The van der Waals surface area contributed by atoms with Gasteiger partial charge in [-0.3, -0.25) is 4.79 Å². The van der Waals surface area contributed by atoms with E-state index in [2.05, 4.69) is 32.6 Å². The van der Waals surface area contributed by atoms with Crippen molar-refractivity contribution in [2.24, 2.45) is 23.7 Å². The van der Waals surface area contributed by atoms with Crippen LogP contribution in [0.25, 0.3) is 0 Å². The molecular formula is C37H71NO3. The SMILES string of the molecule is CC(C)CCC(COC(=O)CCCCCCCCCC(CCCCCCCCCC=O)CN1CCCCC1)C(C)C. The molecule has 0 bridgehead atoms. The van der Waals surface area contributed by atoms with Crippen LogP contribution in [0.15, 0.2) is 0 Å². The molecule has 0 aromatic rings. The summed E-state index contributed by atoms with van der Waals surface area (Å²) in [5.41, 5.74) is 0. The number of ether oxygens (including phenoxy) is 1. The molecule has 4 nitrogen and oxygen atoms in total. The zero-order valence-electron chi connectivity index (χ0n) is 28.2. The molecule has 41 heavy (non-hydrogen) atoms. The van der Waals surface area contributed by atoms with Crippen molar-refractivity contribution in [1.82, 2.24) is 4.90 Å². The number of aldehydes is 1. The van der Waals surface area contributed by atoms with Gasteiger partial charge in [-0.2, -0.15) is 0 Å². The van der Waals surface area contributed by atoms with Crippen molar-refractivity contribution in [1.29, 1.82) is 0 Å². The number of piperidine rings is 1. The van der Waals surface area contributed by atoms with Crippen LogP contribution in [0, 0.1) is 23.7 Å². The zero-order chi connectivity index (χ0) is 30.0. The molecule has 2 unspecified atom stereocenters. The predicted octanol–water partition coefficient (Wildman–Crippen LogP) is 10.6. The van der Waals surface area contributed by atoms with Gasteiger partial charge in [-0.15, -0.1) is 0 Å². The Bertz CT molecular complexity index is 599. The summed E-state index contributed by atoms with van der Waals surface area (Å²) in [5.74, 6) is 2.67. The van der Waals surface area contributed by atoms with Crippen LogP contribution < -0.4 is 0 Å². The first kappa shape index (κ1) is 38.1. The van der Waals surface area contributed by atoms with E-state index in [1.165, 1.54) is 129 Å². The number of unbranched alkanes of at least 4 members (excludes halogenated alkanes) is 13. The van der Waals surface area contributed by atoms with Gasteiger partial charge >= 0.3 is 5.97 Å². The largest absolute Gasteiger partial charge is 0.465 e. The summed E-state index contributed by atoms with van der Waals surface area (Å²) in [4.78, 5) is 25.4. The van der Waals surface area contributed by atoms with E-state index < -0.39 is 0 Å². The molecule has 0 N–H and O–H groups in total. The van der Waals surface area contributed by atoms with Crippen molar-refractivity contribution in [2.45, 2.75) is 175 Å². The van der Waals surface area contributed by atoms with Gasteiger partial charge in [-0.25, -0.2) is 0 Å². The van der Waals surface area contributed by atoms with Gasteiger partial charge < -0.3 is 14.4 Å². The van der Waals surface area contributed by atoms with Crippen LogP contribution in [0.2, 0.25) is 0 Å². The van der Waals surface area contributed by atoms with Gasteiger partial charge in [0, 0.05) is 19.4 Å². The second kappa shape index (κ2) is 26.7. The molecule has 1 aliphatic heterocycles. The van der Waals surface area contributed by atoms with Crippen LogP contribution in [0.4, 0.5) is 0 Å². The highest BCUT2D eigenvalue weighted by molar-refractivity contribution is 5.69. The molecule has 2 atom stereocenters. The maximum absolute atomic E-state index is 12.2. The van der Waals surface area contributed by atoms with Crippen molar-refractivity contribution < 1.29 is 14.3 Å². The normalized spacial score (nSPS) is 15.9. The Morgan fingerprint density at radius 3 is 1.76 bits per heavy atom. The van der Waals surface area contributed by atoms with Crippen molar-refractivity contribution in [3.05, 3.63) is 0 Å². The van der Waals surface area contributed by atoms with E-state index in [1.54, 1.807) is 0 Å². The lowest BCUT2D eigenvalue weighted by atomic mass is 9.89. The summed E-state index contributed by atoms with van der Waals surface area (Å²) in [6, 6.07) is 0. The molecule has 1 aliphatic rings. The molecule has 0 spiro atoms. The van der Waals surface area contributed by atoms with E-state index in [1.807, 2.05) is 0 Å². The highest BCUT2D eigenvalue weighted by atomic mass is 16.5. The van der Waals surface area contributed by atoms with Crippen molar-refractivity contribution in [2.75, 3.05) is 26.2 Å². The minimum atomic E-state index is 0.00883. The van der Waals surface area contributed by atoms with Crippen molar-refractivity contribution >= 4 is 12.3 Å². The van der Waals surface area contributed by atoms with Crippen LogP contribution in [0.5, 0.6) is 0 Å². The molecule has 0 aromatic heterocycles. The minimum absolute atomic E-state index is 0.00883. The predicted molar refractivity (Wildman–Crippen MR) is 176 cm³/mol. The lowest BCUT2D eigenvalue weighted by Gasteiger charge is -2.30. The molecule has 4 heteroatoms. The van der Waals surface area contributed by atoms with E-state index >= 15 is 0 Å². The highest BCUT2D eigenvalue weighted by Crippen LogP contribution is 2.23. The summed E-state index contributed by atoms with van der Waals surface area (Å²) >= 11 is 0. The lowest BCUT2D eigenvalue weighted by Crippen LogP contribution is -2.34. The fourth-order valence-corrected chi connectivity index (χ4v) is 6.39. The molecule has 0 radical (unpaired) electrons. The number of hydrogen-bond donors (Lipinski definition) is 0. The Morgan fingerprint density at radius 1 is 0.683 bits per heavy atom. The standard InChI is InChI=1S/C37H71NO3/c1-33(2)26-27-36(34(3)4)32-41-37(40)25-19-14-10-7-9-13-18-24-35(31-38-28-20-16-21-29-38)23-17-12-8-5-6-11-15-22-30-39/h30,33-36H,5-29,31-32H2,1-4H3. The van der Waals surface area contributed by atoms with E-state index in [0.29, 0.717) is 30.8 Å². The average Bonchev–Trinajstić information content (AvgIpc) is 2.95. The second-order valence-electron chi connectivity index (χ2n) is 14.1. The van der Waals surface area contributed by atoms with Crippen LogP contribution >= 0.6 is 0 Å². The summed E-state index contributed by atoms with van der Waals surface area (Å²) in [6.07, 6.45) is 29.7. The number of hydrogen-bond acceptors (Lipinski definition) is 4. The topological polar surface area (TPSA) is 46.6 Å². The number of likely N-dealkylation sites (tertiary alicyclic amines) is 1. The van der Waals surface area contributed by atoms with Gasteiger partial charge in [-0.1, -0.05) is 118 Å². The quantitative estimate of drug-likeness (QED) is 0.0527. The van der Waals surface area contributed by atoms with Crippen LogP contribution in [0.1, 0.15) is 175 Å². The molecule has 1 fully saturated rings. The maximum atomic E-state index is 12.2. The first-order valence-electron chi connectivity index (χ1n) is 18.2. The molecule has 0 amide bonds. The Morgan fingerprint density at radius 2 is 1.22 bits per heavy atom. The second-order valence-corrected chi connectivity index (χ2v) is 14.1. The Kier molecular flexibility index (Phi) is 24.8. The number of esters is 1. The third kappa shape index (κ3) is 23.3. The summed E-state index contributed by atoms with van der Waals surface area (Å²) in [7, 11) is 0. The number of nitrogens with zero attached hydrogens (tertiary/aromatic N) is 1. The van der Waals surface area contributed by atoms with Gasteiger partial charge in [0.2, 0.25) is 0 Å². The van der Waals surface area contributed by atoms with Crippen molar-refractivity contribution in [3.63, 3.8) is 0 Å². The van der Waals surface area contributed by atoms with E-state index in [4.69, 9.17) is 4.74 Å². The fraction of sp³-hybridized carbons (Fsp3) is 0.946. The molecule has 1 heterocycles. The summed E-state index contributed by atoms with van der Waals surface area (Å²) in [6.45, 7) is 13.6. The first-order chi connectivity index (χ1) is 19.9. The maximum Gasteiger partial charge on any atom is 0.305 e. The molecule has 0 aromatic carbocycles. The molecule has 0 saturated carbocycles. The molecule has 1 saturated heterocycles. The number of carbonyl (C=O) groups excluding carboxylic acids is 2. The number of rotatable bonds is 28. The molecule has 0 aliphatic carbocycles. The average molecular weight is 578 g/mol. The van der Waals surface area contributed by atoms with Crippen LogP contribution in [-0.4, -0.2) is 43.4 Å². The fourth-order valence-electron chi connectivity index (χ4n) is 6.39. The van der Waals surface area contributed by atoms with Gasteiger partial charge in [-0.05, 0) is 81.7 Å².